The number of rotatable bonds is 3. The fourth-order valence-electron chi connectivity index (χ4n) is 1.76. The molecule has 3 heteroatoms. The Bertz CT molecular complexity index is 376. The van der Waals surface area contributed by atoms with Crippen LogP contribution in [0.25, 0.3) is 0 Å². The monoisotopic (exact) mass is 266 g/mol. The van der Waals surface area contributed by atoms with Crippen LogP contribution in [0, 0.1) is 5.41 Å². The van der Waals surface area contributed by atoms with Crippen LogP contribution in [0.4, 0.5) is 0 Å². The van der Waals surface area contributed by atoms with Gasteiger partial charge in [0.2, 0.25) is 0 Å². The number of hydrogen-bond donors (Lipinski definition) is 0. The molecule has 2 atom stereocenters. The molecule has 0 saturated carbocycles. The standard InChI is InChI=1S/C15H26O2Si/c1-12-9-8-10-13(15(12,5)11-16)17-18(6,7)14(2,3)4/h8,10-11,13H,1,9H2,2-7H3. The Morgan fingerprint density at radius 3 is 2.50 bits per heavy atom. The van der Waals surface area contributed by atoms with Gasteiger partial charge in [0.1, 0.15) is 6.29 Å². The predicted octanol–water partition coefficient (Wildman–Crippen LogP) is 4.10. The van der Waals surface area contributed by atoms with Crippen LogP contribution < -0.4 is 0 Å². The van der Waals surface area contributed by atoms with Gasteiger partial charge in [-0.15, -0.1) is 0 Å². The molecule has 0 aromatic rings. The average molecular weight is 266 g/mol. The summed E-state index contributed by atoms with van der Waals surface area (Å²) in [6, 6.07) is 0. The SMILES string of the molecule is C=C1CC=CC(O[Si](C)(C)C(C)(C)C)C1(C)C=O. The number of aldehydes is 1. The van der Waals surface area contributed by atoms with E-state index in [0.717, 1.165) is 18.3 Å². The maximum atomic E-state index is 11.5. The van der Waals surface area contributed by atoms with E-state index in [1.165, 1.54) is 0 Å². The Hall–Kier alpha value is -0.673. The quantitative estimate of drug-likeness (QED) is 0.437. The summed E-state index contributed by atoms with van der Waals surface area (Å²) < 4.78 is 6.38. The second kappa shape index (κ2) is 4.78. The molecule has 0 amide bonds. The minimum Gasteiger partial charge on any atom is -0.409 e. The van der Waals surface area contributed by atoms with Crippen LogP contribution in [0.15, 0.2) is 24.3 Å². The van der Waals surface area contributed by atoms with E-state index in [1.807, 2.05) is 13.0 Å². The van der Waals surface area contributed by atoms with Crippen LogP contribution in [0.5, 0.6) is 0 Å². The van der Waals surface area contributed by atoms with Gasteiger partial charge in [0.05, 0.1) is 11.5 Å². The third-order valence-electron chi connectivity index (χ3n) is 4.50. The molecule has 0 spiro atoms. The van der Waals surface area contributed by atoms with E-state index in [2.05, 4.69) is 46.5 Å². The van der Waals surface area contributed by atoms with Gasteiger partial charge < -0.3 is 9.22 Å². The van der Waals surface area contributed by atoms with Gasteiger partial charge in [-0.05, 0) is 31.5 Å². The molecule has 18 heavy (non-hydrogen) atoms. The smallest absolute Gasteiger partial charge is 0.192 e. The van der Waals surface area contributed by atoms with Gasteiger partial charge in [-0.2, -0.15) is 0 Å². The zero-order chi connectivity index (χ0) is 14.2. The van der Waals surface area contributed by atoms with Crippen molar-refractivity contribution < 1.29 is 9.22 Å². The second-order valence-electron chi connectivity index (χ2n) is 6.94. The highest BCUT2D eigenvalue weighted by Gasteiger charge is 2.45. The van der Waals surface area contributed by atoms with Crippen molar-refractivity contribution in [3.05, 3.63) is 24.3 Å². The van der Waals surface area contributed by atoms with Crippen LogP contribution in [-0.4, -0.2) is 20.7 Å². The van der Waals surface area contributed by atoms with Crippen molar-refractivity contribution in [2.24, 2.45) is 5.41 Å². The first-order chi connectivity index (χ1) is 8.04. The van der Waals surface area contributed by atoms with Gasteiger partial charge in [0.25, 0.3) is 0 Å². The van der Waals surface area contributed by atoms with Crippen molar-refractivity contribution in [1.82, 2.24) is 0 Å². The lowest BCUT2D eigenvalue weighted by atomic mass is 9.74. The average Bonchev–Trinajstić information content (AvgIpc) is 2.23. The van der Waals surface area contributed by atoms with E-state index in [0.29, 0.717) is 0 Å². The first-order valence-corrected chi connectivity index (χ1v) is 9.44. The third-order valence-corrected chi connectivity index (χ3v) is 8.96. The molecule has 0 saturated heterocycles. The third kappa shape index (κ3) is 2.67. The van der Waals surface area contributed by atoms with E-state index < -0.39 is 13.7 Å². The van der Waals surface area contributed by atoms with Crippen LogP contribution in [0.1, 0.15) is 34.1 Å². The molecule has 1 aliphatic rings. The fraction of sp³-hybridized carbons (Fsp3) is 0.667. The highest BCUT2D eigenvalue weighted by Crippen LogP contribution is 2.43. The Morgan fingerprint density at radius 1 is 1.50 bits per heavy atom. The molecule has 0 aliphatic heterocycles. The highest BCUT2D eigenvalue weighted by molar-refractivity contribution is 6.74. The summed E-state index contributed by atoms with van der Waals surface area (Å²) in [6.45, 7) is 17.0. The lowest BCUT2D eigenvalue weighted by Gasteiger charge is -2.44. The molecule has 0 aromatic carbocycles. The maximum absolute atomic E-state index is 11.5. The van der Waals surface area contributed by atoms with Gasteiger partial charge in [0.15, 0.2) is 8.32 Å². The summed E-state index contributed by atoms with van der Waals surface area (Å²) >= 11 is 0. The van der Waals surface area contributed by atoms with Gasteiger partial charge in [-0.3, -0.25) is 0 Å². The van der Waals surface area contributed by atoms with Crippen LogP contribution in [-0.2, 0) is 9.22 Å². The molecule has 2 unspecified atom stereocenters. The Kier molecular flexibility index (Phi) is 4.09. The molecule has 0 bridgehead atoms. The Morgan fingerprint density at radius 2 is 2.06 bits per heavy atom. The minimum atomic E-state index is -1.88. The number of carbonyl (C=O) groups excluding carboxylic acids is 1. The van der Waals surface area contributed by atoms with Gasteiger partial charge in [0, 0.05) is 0 Å². The van der Waals surface area contributed by atoms with E-state index in [1.54, 1.807) is 0 Å². The topological polar surface area (TPSA) is 26.3 Å². The minimum absolute atomic E-state index is 0.142. The first-order valence-electron chi connectivity index (χ1n) is 6.53. The van der Waals surface area contributed by atoms with Crippen molar-refractivity contribution in [3.8, 4) is 0 Å². The molecule has 1 aliphatic carbocycles. The largest absolute Gasteiger partial charge is 0.409 e. The lowest BCUT2D eigenvalue weighted by molar-refractivity contribution is -0.117. The van der Waals surface area contributed by atoms with Crippen molar-refractivity contribution in [1.29, 1.82) is 0 Å². The molecule has 0 aromatic heterocycles. The second-order valence-corrected chi connectivity index (χ2v) is 11.7. The van der Waals surface area contributed by atoms with Crippen LogP contribution in [0.2, 0.25) is 18.1 Å². The zero-order valence-corrected chi connectivity index (χ0v) is 13.5. The molecular formula is C15H26O2Si. The van der Waals surface area contributed by atoms with E-state index >= 15 is 0 Å². The summed E-state index contributed by atoms with van der Waals surface area (Å²) in [6.07, 6.45) is 5.69. The molecular weight excluding hydrogens is 240 g/mol. The van der Waals surface area contributed by atoms with Crippen molar-refractivity contribution in [2.75, 3.05) is 0 Å². The number of carbonyl (C=O) groups is 1. The molecule has 0 N–H and O–H groups in total. The van der Waals surface area contributed by atoms with Crippen LogP contribution in [0.3, 0.4) is 0 Å². The fourth-order valence-corrected chi connectivity index (χ4v) is 3.07. The normalized spacial score (nSPS) is 29.4. The molecule has 1 rings (SSSR count). The summed E-state index contributed by atoms with van der Waals surface area (Å²) in [7, 11) is -1.88. The van der Waals surface area contributed by atoms with Crippen molar-refractivity contribution in [2.45, 2.75) is 58.4 Å². The van der Waals surface area contributed by atoms with Gasteiger partial charge >= 0.3 is 0 Å². The molecule has 102 valence electrons. The lowest BCUT2D eigenvalue weighted by Crippen LogP contribution is -2.49. The van der Waals surface area contributed by atoms with Crippen molar-refractivity contribution >= 4 is 14.6 Å². The van der Waals surface area contributed by atoms with E-state index in [9.17, 15) is 4.79 Å². The number of hydrogen-bond acceptors (Lipinski definition) is 2. The maximum Gasteiger partial charge on any atom is 0.192 e. The predicted molar refractivity (Wildman–Crippen MR) is 79.1 cm³/mol. The Labute approximate surface area is 112 Å². The number of allylic oxidation sites excluding steroid dienone is 1. The summed E-state index contributed by atoms with van der Waals surface area (Å²) in [5.74, 6) is 0. The zero-order valence-electron chi connectivity index (χ0n) is 12.5. The molecule has 2 nitrogen and oxygen atoms in total. The molecule has 0 heterocycles. The summed E-state index contributed by atoms with van der Waals surface area (Å²) in [5, 5.41) is 0.142. The van der Waals surface area contributed by atoms with Gasteiger partial charge in [-0.1, -0.05) is 45.1 Å². The summed E-state index contributed by atoms with van der Waals surface area (Å²) in [4.78, 5) is 11.5. The first kappa shape index (κ1) is 15.4. The van der Waals surface area contributed by atoms with Crippen molar-refractivity contribution in [3.63, 3.8) is 0 Å². The van der Waals surface area contributed by atoms with E-state index in [-0.39, 0.29) is 11.1 Å². The molecule has 0 radical (unpaired) electrons. The molecule has 0 fully saturated rings. The Balaban J connectivity index is 3.02. The van der Waals surface area contributed by atoms with Crippen LogP contribution >= 0.6 is 0 Å². The van der Waals surface area contributed by atoms with Gasteiger partial charge in [-0.25, -0.2) is 0 Å². The van der Waals surface area contributed by atoms with E-state index in [4.69, 9.17) is 4.43 Å². The summed E-state index contributed by atoms with van der Waals surface area (Å²) in [5.41, 5.74) is 0.369. The highest BCUT2D eigenvalue weighted by atomic mass is 28.4.